The van der Waals surface area contributed by atoms with Crippen LogP contribution in [0, 0.1) is 11.8 Å². The number of aromatic nitrogens is 2. The highest BCUT2D eigenvalue weighted by molar-refractivity contribution is 5.76. The number of carbonyl (C=O) groups excluding carboxylic acids is 1. The molecule has 3 aliphatic rings. The standard InChI is InChI=1S/C19H30N4O2/c1-14-4-8-22(9-5-14)18(24)6-7-21-10-11-23-16(13-21)12-17(20-23)19(25)15-2-3-15/h12,14-15,19,25H,2-11,13H2,1H3/t19-/m0/s1. The van der Waals surface area contributed by atoms with Gasteiger partial charge in [0, 0.05) is 39.1 Å². The minimum atomic E-state index is -0.394. The fourth-order valence-corrected chi connectivity index (χ4v) is 4.00. The third-order valence-electron chi connectivity index (χ3n) is 6.05. The number of piperidine rings is 1. The Kier molecular flexibility index (Phi) is 4.82. The Morgan fingerprint density at radius 2 is 2.00 bits per heavy atom. The van der Waals surface area contributed by atoms with Crippen molar-refractivity contribution in [2.24, 2.45) is 11.8 Å². The molecule has 3 heterocycles. The van der Waals surface area contributed by atoms with Crippen molar-refractivity contribution in [3.05, 3.63) is 17.5 Å². The molecule has 1 aliphatic carbocycles. The molecule has 1 saturated heterocycles. The lowest BCUT2D eigenvalue weighted by molar-refractivity contribution is -0.132. The van der Waals surface area contributed by atoms with E-state index in [4.69, 9.17) is 0 Å². The van der Waals surface area contributed by atoms with E-state index >= 15 is 0 Å². The lowest BCUT2D eigenvalue weighted by atomic mass is 9.99. The first-order chi connectivity index (χ1) is 12.1. The van der Waals surface area contributed by atoms with Crippen molar-refractivity contribution < 1.29 is 9.90 Å². The summed E-state index contributed by atoms with van der Waals surface area (Å²) in [5.41, 5.74) is 2.00. The number of hydrogen-bond acceptors (Lipinski definition) is 4. The number of hydrogen-bond donors (Lipinski definition) is 1. The van der Waals surface area contributed by atoms with Crippen LogP contribution in [0.15, 0.2) is 6.07 Å². The Labute approximate surface area is 149 Å². The number of aliphatic hydroxyl groups is 1. The van der Waals surface area contributed by atoms with Gasteiger partial charge >= 0.3 is 0 Å². The van der Waals surface area contributed by atoms with E-state index in [1.165, 1.54) is 5.69 Å². The van der Waals surface area contributed by atoms with Crippen LogP contribution in [0.4, 0.5) is 0 Å². The van der Waals surface area contributed by atoms with Crippen LogP contribution in [0.2, 0.25) is 0 Å². The van der Waals surface area contributed by atoms with E-state index in [0.29, 0.717) is 18.2 Å². The van der Waals surface area contributed by atoms with Crippen molar-refractivity contribution in [2.45, 2.75) is 58.2 Å². The Morgan fingerprint density at radius 3 is 2.72 bits per heavy atom. The molecule has 4 rings (SSSR count). The summed E-state index contributed by atoms with van der Waals surface area (Å²) in [6, 6.07) is 2.06. The van der Waals surface area contributed by atoms with Gasteiger partial charge in [-0.15, -0.1) is 0 Å². The molecule has 0 radical (unpaired) electrons. The molecule has 1 atom stereocenters. The second-order valence-corrected chi connectivity index (χ2v) is 8.16. The van der Waals surface area contributed by atoms with Gasteiger partial charge in [0.15, 0.2) is 0 Å². The summed E-state index contributed by atoms with van der Waals surface area (Å²) in [5, 5.41) is 14.9. The normalized spacial score (nSPS) is 23.5. The molecule has 2 fully saturated rings. The average molecular weight is 346 g/mol. The lowest BCUT2D eigenvalue weighted by Crippen LogP contribution is -2.41. The summed E-state index contributed by atoms with van der Waals surface area (Å²) in [6.07, 6.45) is 4.73. The number of carbonyl (C=O) groups is 1. The summed E-state index contributed by atoms with van der Waals surface area (Å²) in [6.45, 7) is 7.54. The number of amides is 1. The van der Waals surface area contributed by atoms with Crippen LogP contribution >= 0.6 is 0 Å². The quantitative estimate of drug-likeness (QED) is 0.883. The molecule has 0 aromatic carbocycles. The van der Waals surface area contributed by atoms with E-state index in [-0.39, 0.29) is 0 Å². The zero-order chi connectivity index (χ0) is 17.4. The van der Waals surface area contributed by atoms with Gasteiger partial charge in [-0.2, -0.15) is 5.10 Å². The first-order valence-corrected chi connectivity index (χ1v) is 9.85. The predicted molar refractivity (Wildman–Crippen MR) is 94.8 cm³/mol. The summed E-state index contributed by atoms with van der Waals surface area (Å²) >= 11 is 0. The molecule has 25 heavy (non-hydrogen) atoms. The van der Waals surface area contributed by atoms with Gasteiger partial charge in [0.2, 0.25) is 5.91 Å². The fraction of sp³-hybridized carbons (Fsp3) is 0.789. The van der Waals surface area contributed by atoms with Gasteiger partial charge in [-0.3, -0.25) is 14.4 Å². The van der Waals surface area contributed by atoms with Gasteiger partial charge < -0.3 is 10.0 Å². The van der Waals surface area contributed by atoms with Crippen LogP contribution < -0.4 is 0 Å². The van der Waals surface area contributed by atoms with Gasteiger partial charge in [-0.25, -0.2) is 0 Å². The molecule has 1 N–H and O–H groups in total. The fourth-order valence-electron chi connectivity index (χ4n) is 4.00. The number of rotatable bonds is 5. The highest BCUT2D eigenvalue weighted by Gasteiger charge is 2.33. The second kappa shape index (κ2) is 7.08. The minimum absolute atomic E-state index is 0.302. The molecular formula is C19H30N4O2. The predicted octanol–water partition coefficient (Wildman–Crippen LogP) is 1.79. The van der Waals surface area contributed by atoms with Gasteiger partial charge in [-0.05, 0) is 43.6 Å². The number of nitrogens with zero attached hydrogens (tertiary/aromatic N) is 4. The van der Waals surface area contributed by atoms with Crippen LogP contribution in [-0.2, 0) is 17.9 Å². The van der Waals surface area contributed by atoms with Crippen molar-refractivity contribution in [2.75, 3.05) is 26.2 Å². The number of likely N-dealkylation sites (tertiary alicyclic amines) is 1. The van der Waals surface area contributed by atoms with Crippen molar-refractivity contribution in [3.63, 3.8) is 0 Å². The van der Waals surface area contributed by atoms with Gasteiger partial charge in [-0.1, -0.05) is 6.92 Å². The van der Waals surface area contributed by atoms with E-state index in [1.54, 1.807) is 0 Å². The third-order valence-corrected chi connectivity index (χ3v) is 6.05. The van der Waals surface area contributed by atoms with E-state index in [0.717, 1.165) is 76.6 Å². The average Bonchev–Trinajstić information content (AvgIpc) is 3.38. The van der Waals surface area contributed by atoms with E-state index < -0.39 is 6.10 Å². The molecule has 1 amide bonds. The molecule has 138 valence electrons. The monoisotopic (exact) mass is 346 g/mol. The highest BCUT2D eigenvalue weighted by Crippen LogP contribution is 2.40. The molecular weight excluding hydrogens is 316 g/mol. The maximum absolute atomic E-state index is 12.4. The maximum Gasteiger partial charge on any atom is 0.223 e. The van der Waals surface area contributed by atoms with Gasteiger partial charge in [0.05, 0.1) is 17.9 Å². The van der Waals surface area contributed by atoms with Crippen molar-refractivity contribution in [1.82, 2.24) is 19.6 Å². The Bertz CT molecular complexity index is 617. The lowest BCUT2D eigenvalue weighted by Gasteiger charge is -2.32. The molecule has 1 aromatic heterocycles. The van der Waals surface area contributed by atoms with E-state index in [2.05, 4.69) is 23.0 Å². The molecule has 6 nitrogen and oxygen atoms in total. The summed E-state index contributed by atoms with van der Waals surface area (Å²) in [5.74, 6) is 1.47. The molecule has 6 heteroatoms. The van der Waals surface area contributed by atoms with Gasteiger partial charge in [0.1, 0.15) is 6.10 Å². The molecule has 2 aliphatic heterocycles. The zero-order valence-corrected chi connectivity index (χ0v) is 15.2. The van der Waals surface area contributed by atoms with Crippen LogP contribution in [0.1, 0.15) is 56.5 Å². The molecule has 0 bridgehead atoms. The van der Waals surface area contributed by atoms with Crippen LogP contribution in [0.3, 0.4) is 0 Å². The summed E-state index contributed by atoms with van der Waals surface area (Å²) in [4.78, 5) is 16.8. The Morgan fingerprint density at radius 1 is 1.24 bits per heavy atom. The van der Waals surface area contributed by atoms with Crippen molar-refractivity contribution in [3.8, 4) is 0 Å². The SMILES string of the molecule is CC1CCN(C(=O)CCN2CCn3nc([C@@H](O)C4CC4)cc3C2)CC1. The maximum atomic E-state index is 12.4. The van der Waals surface area contributed by atoms with Crippen LogP contribution in [-0.4, -0.2) is 56.8 Å². The number of fused-ring (bicyclic) bond motifs is 1. The zero-order valence-electron chi connectivity index (χ0n) is 15.2. The highest BCUT2D eigenvalue weighted by atomic mass is 16.3. The van der Waals surface area contributed by atoms with E-state index in [1.807, 2.05) is 9.58 Å². The topological polar surface area (TPSA) is 61.6 Å². The minimum Gasteiger partial charge on any atom is -0.386 e. The largest absolute Gasteiger partial charge is 0.386 e. The first kappa shape index (κ1) is 17.0. The summed E-state index contributed by atoms with van der Waals surface area (Å²) < 4.78 is 2.03. The number of aliphatic hydroxyl groups excluding tert-OH is 1. The Balaban J connectivity index is 1.28. The van der Waals surface area contributed by atoms with Crippen molar-refractivity contribution >= 4 is 5.91 Å². The second-order valence-electron chi connectivity index (χ2n) is 8.16. The van der Waals surface area contributed by atoms with Gasteiger partial charge in [0.25, 0.3) is 0 Å². The molecule has 0 spiro atoms. The Hall–Kier alpha value is -1.40. The molecule has 0 unspecified atom stereocenters. The first-order valence-electron chi connectivity index (χ1n) is 9.85. The third kappa shape index (κ3) is 3.90. The van der Waals surface area contributed by atoms with Crippen LogP contribution in [0.25, 0.3) is 0 Å². The van der Waals surface area contributed by atoms with E-state index in [9.17, 15) is 9.90 Å². The smallest absolute Gasteiger partial charge is 0.223 e. The molecule has 1 saturated carbocycles. The van der Waals surface area contributed by atoms with Crippen LogP contribution in [0.5, 0.6) is 0 Å². The molecule has 1 aromatic rings. The van der Waals surface area contributed by atoms with Crippen molar-refractivity contribution in [1.29, 1.82) is 0 Å². The summed E-state index contributed by atoms with van der Waals surface area (Å²) in [7, 11) is 0.